The normalized spacial score (nSPS) is 8.00. The minimum Gasteiger partial charge on any atom is -0.313 e. The monoisotopic (exact) mass is 90.0 g/mol. The van der Waals surface area contributed by atoms with Gasteiger partial charge in [-0.3, -0.25) is 0 Å². The molecule has 0 aliphatic heterocycles. The Morgan fingerprint density at radius 2 is 1.50 bits per heavy atom. The molecule has 24 valence electrons. The molecule has 0 unspecified atom stereocenters. The van der Waals surface area contributed by atoms with Crippen LogP contribution in [0.3, 0.4) is 0 Å². The fourth-order valence-electron chi connectivity index (χ4n) is 0. The number of carbonyl (C=O) groups is 1. The molecule has 0 aromatic heterocycles. The van der Waals surface area contributed by atoms with Crippen LogP contribution in [-0.2, 0) is 0 Å². The molecule has 0 amide bonds. The highest BCUT2D eigenvalue weighted by atomic mass is 28.2. The molecule has 0 rings (SSSR count). The van der Waals surface area contributed by atoms with Crippen molar-refractivity contribution in [3.05, 3.63) is 0 Å². The Hall–Kier alpha value is 0.104. The van der Waals surface area contributed by atoms with E-state index in [9.17, 15) is 4.79 Å². The molecule has 0 aromatic carbocycles. The standard InChI is InChI=1S/CH6OSi2/c2-1(3)4/h3-4H3. The van der Waals surface area contributed by atoms with Crippen LogP contribution in [0.1, 0.15) is 0 Å². The maximum absolute atomic E-state index is 9.57. The van der Waals surface area contributed by atoms with Gasteiger partial charge in [-0.1, -0.05) is 0 Å². The molecule has 0 saturated heterocycles. The van der Waals surface area contributed by atoms with Crippen molar-refractivity contribution in [1.29, 1.82) is 0 Å². The van der Waals surface area contributed by atoms with Gasteiger partial charge in [-0.25, -0.2) is 0 Å². The van der Waals surface area contributed by atoms with Crippen molar-refractivity contribution < 1.29 is 4.79 Å². The van der Waals surface area contributed by atoms with Gasteiger partial charge < -0.3 is 4.79 Å². The molecular formula is CH6OSi2. The molecular weight excluding hydrogens is 84.2 g/mol. The zero-order valence-electron chi connectivity index (χ0n) is 2.91. The SMILES string of the molecule is O=C([SiH3])[SiH3]. The van der Waals surface area contributed by atoms with Gasteiger partial charge in [-0.15, -0.1) is 0 Å². The van der Waals surface area contributed by atoms with Gasteiger partial charge in [-0.05, 0) is 0 Å². The van der Waals surface area contributed by atoms with Gasteiger partial charge in [-0.2, -0.15) is 0 Å². The first-order valence-electron chi connectivity index (χ1n) is 1.20. The highest BCUT2D eigenvalue weighted by Crippen LogP contribution is 1.40. The first-order chi connectivity index (χ1) is 1.73. The zero-order chi connectivity index (χ0) is 3.58. The maximum Gasteiger partial charge on any atom is 0.0770 e. The Morgan fingerprint density at radius 3 is 1.50 bits per heavy atom. The van der Waals surface area contributed by atoms with Crippen LogP contribution in [0.25, 0.3) is 0 Å². The van der Waals surface area contributed by atoms with Crippen molar-refractivity contribution in [3.8, 4) is 0 Å². The van der Waals surface area contributed by atoms with E-state index >= 15 is 0 Å². The summed E-state index contributed by atoms with van der Waals surface area (Å²) in [6.07, 6.45) is 0. The first-order valence-corrected chi connectivity index (χ1v) is 3.20. The Bertz CT molecular complexity index is 29.0. The van der Waals surface area contributed by atoms with Crippen molar-refractivity contribution in [1.82, 2.24) is 0 Å². The zero-order valence-corrected chi connectivity index (χ0v) is 6.91. The molecule has 0 N–H and O–H groups in total. The van der Waals surface area contributed by atoms with Crippen LogP contribution in [-0.4, -0.2) is 25.5 Å². The Labute approximate surface area is 31.2 Å². The molecule has 0 saturated carbocycles. The third-order valence-corrected chi connectivity index (χ3v) is 0. The minimum atomic E-state index is 0.444. The van der Waals surface area contributed by atoms with Crippen molar-refractivity contribution in [3.63, 3.8) is 0 Å². The van der Waals surface area contributed by atoms with Gasteiger partial charge in [0.25, 0.3) is 0 Å². The number of hydrogen-bond acceptors (Lipinski definition) is 1. The van der Waals surface area contributed by atoms with Gasteiger partial charge in [0.1, 0.15) is 0 Å². The highest BCUT2D eigenvalue weighted by molar-refractivity contribution is 6.87. The molecule has 3 heteroatoms. The maximum atomic E-state index is 9.57. The molecule has 0 bridgehead atoms. The molecule has 0 fully saturated rings. The lowest BCUT2D eigenvalue weighted by Crippen LogP contribution is -1.85. The van der Waals surface area contributed by atoms with E-state index in [0.717, 1.165) is 20.5 Å². The lowest BCUT2D eigenvalue weighted by Gasteiger charge is -1.55. The summed E-state index contributed by atoms with van der Waals surface area (Å²) in [4.78, 5) is 9.57. The van der Waals surface area contributed by atoms with Crippen molar-refractivity contribution in [2.75, 3.05) is 0 Å². The van der Waals surface area contributed by atoms with Gasteiger partial charge in [0.05, 0.1) is 25.5 Å². The fourth-order valence-corrected chi connectivity index (χ4v) is 0. The second kappa shape index (κ2) is 1.43. The molecule has 0 aliphatic rings. The van der Waals surface area contributed by atoms with E-state index in [1.165, 1.54) is 0 Å². The molecule has 4 heavy (non-hydrogen) atoms. The van der Waals surface area contributed by atoms with Crippen LogP contribution in [0.5, 0.6) is 0 Å². The van der Waals surface area contributed by atoms with Crippen LogP contribution in [0.2, 0.25) is 0 Å². The third kappa shape index (κ3) is 238. The predicted molar refractivity (Wildman–Crippen MR) is 25.3 cm³/mol. The van der Waals surface area contributed by atoms with Crippen molar-refractivity contribution in [2.24, 2.45) is 0 Å². The van der Waals surface area contributed by atoms with E-state index in [1.807, 2.05) is 0 Å². The van der Waals surface area contributed by atoms with Gasteiger partial charge in [0, 0.05) is 0 Å². The summed E-state index contributed by atoms with van der Waals surface area (Å²) in [5.74, 6) is 0. The van der Waals surface area contributed by atoms with Gasteiger partial charge >= 0.3 is 0 Å². The van der Waals surface area contributed by atoms with E-state index in [1.54, 1.807) is 0 Å². The van der Waals surface area contributed by atoms with Crippen LogP contribution in [0.15, 0.2) is 0 Å². The van der Waals surface area contributed by atoms with Gasteiger partial charge in [0.15, 0.2) is 0 Å². The van der Waals surface area contributed by atoms with Crippen LogP contribution < -0.4 is 0 Å². The fraction of sp³-hybridized carbons (Fsp3) is 0. The smallest absolute Gasteiger partial charge is 0.0770 e. The van der Waals surface area contributed by atoms with Gasteiger partial charge in [0.2, 0.25) is 0 Å². The number of carbonyl (C=O) groups excluding carboxylic acids is 1. The first kappa shape index (κ1) is 4.10. The summed E-state index contributed by atoms with van der Waals surface area (Å²) < 4.78 is 0. The summed E-state index contributed by atoms with van der Waals surface area (Å²) >= 11 is 0. The lowest BCUT2D eigenvalue weighted by molar-refractivity contribution is 0.275. The molecule has 0 heterocycles. The molecule has 0 spiro atoms. The Balaban J connectivity index is 2.80. The van der Waals surface area contributed by atoms with Crippen molar-refractivity contribution in [2.45, 2.75) is 0 Å². The lowest BCUT2D eigenvalue weighted by atomic mass is 11.8. The average Bonchev–Trinajstić information content (AvgIpc) is 0.811. The molecule has 1 nitrogen and oxygen atoms in total. The highest BCUT2D eigenvalue weighted by Gasteiger charge is 1.62. The average molecular weight is 90.2 g/mol. The summed E-state index contributed by atoms with van der Waals surface area (Å²) in [7, 11) is 1.54. The Morgan fingerprint density at radius 1 is 1.50 bits per heavy atom. The summed E-state index contributed by atoms with van der Waals surface area (Å²) in [5.41, 5.74) is 0. The quantitative estimate of drug-likeness (QED) is 0.310. The van der Waals surface area contributed by atoms with E-state index in [4.69, 9.17) is 0 Å². The summed E-state index contributed by atoms with van der Waals surface area (Å²) in [6, 6.07) is 0. The molecule has 0 radical (unpaired) electrons. The molecule has 0 aromatic rings. The largest absolute Gasteiger partial charge is 0.313 e. The topological polar surface area (TPSA) is 17.1 Å². The van der Waals surface area contributed by atoms with Crippen LogP contribution in [0.4, 0.5) is 4.79 Å². The second-order valence-corrected chi connectivity index (χ2v) is 5.72. The van der Waals surface area contributed by atoms with E-state index in [0.29, 0.717) is 5.03 Å². The van der Waals surface area contributed by atoms with Crippen molar-refractivity contribution >= 4 is 25.5 Å². The minimum absolute atomic E-state index is 0.444. The van der Waals surface area contributed by atoms with E-state index < -0.39 is 0 Å². The Kier molecular flexibility index (Phi) is 1.46. The second-order valence-electron chi connectivity index (χ2n) is 0.908. The molecule has 0 atom stereocenters. The number of rotatable bonds is 0. The summed E-state index contributed by atoms with van der Waals surface area (Å²) in [5, 5.41) is 0.444. The molecule has 0 aliphatic carbocycles. The number of hydrogen-bond donors (Lipinski definition) is 0. The van der Waals surface area contributed by atoms with Crippen LogP contribution in [0, 0.1) is 0 Å². The van der Waals surface area contributed by atoms with Crippen LogP contribution >= 0.6 is 0 Å². The third-order valence-electron chi connectivity index (χ3n) is 0. The van der Waals surface area contributed by atoms with E-state index in [2.05, 4.69) is 0 Å². The predicted octanol–water partition coefficient (Wildman–Crippen LogP) is -2.16. The van der Waals surface area contributed by atoms with E-state index in [-0.39, 0.29) is 0 Å². The summed E-state index contributed by atoms with van der Waals surface area (Å²) in [6.45, 7) is 0.